The molecule has 0 unspecified atom stereocenters. The van der Waals surface area contributed by atoms with Gasteiger partial charge in [-0.1, -0.05) is 41.4 Å². The number of rotatable bonds is 5. The van der Waals surface area contributed by atoms with Crippen molar-refractivity contribution in [2.45, 2.75) is 18.7 Å². The second-order valence-electron chi connectivity index (χ2n) is 7.49. The van der Waals surface area contributed by atoms with Crippen molar-refractivity contribution in [3.63, 3.8) is 0 Å². The van der Waals surface area contributed by atoms with Crippen molar-refractivity contribution in [1.82, 2.24) is 14.5 Å². The Morgan fingerprint density at radius 1 is 1.03 bits per heavy atom. The van der Waals surface area contributed by atoms with Gasteiger partial charge in [0.1, 0.15) is 0 Å². The zero-order chi connectivity index (χ0) is 24.8. The maximum atomic E-state index is 12.8. The summed E-state index contributed by atoms with van der Waals surface area (Å²) in [4.78, 5) is 24.5. The minimum atomic E-state index is -4.26. The monoisotopic (exact) mass is 517 g/mol. The third-order valence-corrected chi connectivity index (χ3v) is 7.46. The Labute approximate surface area is 204 Å². The van der Waals surface area contributed by atoms with Crippen LogP contribution >= 0.6 is 23.2 Å². The Morgan fingerprint density at radius 3 is 2.41 bits per heavy atom. The molecule has 4 rings (SSSR count). The Balaban J connectivity index is 1.69. The quantitative estimate of drug-likeness (QED) is 0.393. The summed E-state index contributed by atoms with van der Waals surface area (Å²) in [7, 11) is -4.26. The van der Waals surface area contributed by atoms with Crippen LogP contribution in [-0.2, 0) is 10.0 Å². The molecule has 34 heavy (non-hydrogen) atoms. The normalized spacial score (nSPS) is 11.5. The van der Waals surface area contributed by atoms with Crippen LogP contribution in [-0.4, -0.2) is 35.2 Å². The minimum Gasteiger partial charge on any atom is -0.478 e. The van der Waals surface area contributed by atoms with Crippen LogP contribution in [0.15, 0.2) is 59.5 Å². The zero-order valence-corrected chi connectivity index (χ0v) is 20.2. The lowest BCUT2D eigenvalue weighted by Gasteiger charge is -2.12. The van der Waals surface area contributed by atoms with Crippen molar-refractivity contribution in [3.8, 4) is 5.69 Å². The highest BCUT2D eigenvalue weighted by Gasteiger charge is 2.23. The number of nitrogens with zero attached hydrogens (tertiary/aromatic N) is 2. The summed E-state index contributed by atoms with van der Waals surface area (Å²) in [5.74, 6) is -2.31. The van der Waals surface area contributed by atoms with E-state index in [0.29, 0.717) is 26.8 Å². The van der Waals surface area contributed by atoms with E-state index in [9.17, 15) is 23.1 Å². The third-order valence-electron chi connectivity index (χ3n) is 5.26. The molecule has 0 radical (unpaired) electrons. The van der Waals surface area contributed by atoms with Gasteiger partial charge in [-0.15, -0.1) is 0 Å². The third kappa shape index (κ3) is 4.25. The number of benzene rings is 3. The van der Waals surface area contributed by atoms with Crippen LogP contribution in [0.4, 0.5) is 0 Å². The second kappa shape index (κ2) is 8.75. The number of nitrogens with one attached hydrogen (secondary N) is 1. The molecule has 0 aliphatic rings. The van der Waals surface area contributed by atoms with Crippen molar-refractivity contribution < 1.29 is 23.1 Å². The van der Waals surface area contributed by atoms with Crippen molar-refractivity contribution >= 4 is 55.9 Å². The van der Waals surface area contributed by atoms with E-state index in [1.165, 1.54) is 28.9 Å². The maximum absolute atomic E-state index is 12.8. The van der Waals surface area contributed by atoms with Gasteiger partial charge in [-0.3, -0.25) is 4.79 Å². The van der Waals surface area contributed by atoms with Gasteiger partial charge in [0, 0.05) is 16.0 Å². The van der Waals surface area contributed by atoms with Gasteiger partial charge in [0.05, 0.1) is 32.6 Å². The van der Waals surface area contributed by atoms with Crippen molar-refractivity contribution in [2.24, 2.45) is 0 Å². The summed E-state index contributed by atoms with van der Waals surface area (Å²) < 4.78 is 29.0. The molecule has 0 atom stereocenters. The van der Waals surface area contributed by atoms with E-state index in [1.807, 2.05) is 4.72 Å². The van der Waals surface area contributed by atoms with Gasteiger partial charge < -0.3 is 5.11 Å². The molecule has 8 nitrogen and oxygen atoms in total. The summed E-state index contributed by atoms with van der Waals surface area (Å²) in [6.45, 7) is 3.36. The maximum Gasteiger partial charge on any atom is 0.337 e. The fourth-order valence-corrected chi connectivity index (χ4v) is 4.87. The van der Waals surface area contributed by atoms with E-state index in [1.54, 1.807) is 38.1 Å². The predicted molar refractivity (Wildman–Crippen MR) is 129 cm³/mol. The summed E-state index contributed by atoms with van der Waals surface area (Å²) in [5, 5.41) is 16.0. The van der Waals surface area contributed by atoms with Gasteiger partial charge in [0.2, 0.25) is 0 Å². The molecule has 0 aliphatic heterocycles. The van der Waals surface area contributed by atoms with Crippen LogP contribution in [0.5, 0.6) is 0 Å². The summed E-state index contributed by atoms with van der Waals surface area (Å²) in [6, 6.07) is 13.2. The van der Waals surface area contributed by atoms with Gasteiger partial charge >= 0.3 is 5.97 Å². The molecule has 0 saturated heterocycles. The average molecular weight is 518 g/mol. The number of carbonyl (C=O) groups is 2. The number of aryl methyl sites for hydroxylation is 1. The number of hydrogen-bond donors (Lipinski definition) is 2. The highest BCUT2D eigenvalue weighted by atomic mass is 35.5. The van der Waals surface area contributed by atoms with Gasteiger partial charge in [-0.05, 0) is 55.6 Å². The molecule has 0 aliphatic carbocycles. The van der Waals surface area contributed by atoms with E-state index < -0.39 is 21.9 Å². The molecule has 1 heterocycles. The molecular formula is C23H17Cl2N3O5S. The molecule has 4 aromatic rings. The summed E-state index contributed by atoms with van der Waals surface area (Å²) in [6.07, 6.45) is 0. The van der Waals surface area contributed by atoms with Gasteiger partial charge in [0.15, 0.2) is 0 Å². The Kier molecular flexibility index (Phi) is 6.11. The van der Waals surface area contributed by atoms with E-state index in [0.717, 1.165) is 11.5 Å². The first-order valence-corrected chi connectivity index (χ1v) is 12.1. The summed E-state index contributed by atoms with van der Waals surface area (Å²) in [5.41, 5.74) is 0.819. The summed E-state index contributed by atoms with van der Waals surface area (Å²) >= 11 is 12.3. The predicted octanol–water partition coefficient (Wildman–Crippen LogP) is 4.77. The Morgan fingerprint density at radius 2 is 1.76 bits per heavy atom. The van der Waals surface area contributed by atoms with E-state index in [4.69, 9.17) is 23.2 Å². The molecule has 0 fully saturated rings. The number of halogens is 2. The first kappa shape index (κ1) is 23.7. The lowest BCUT2D eigenvalue weighted by atomic mass is 10.1. The van der Waals surface area contributed by atoms with Crippen molar-refractivity contribution in [3.05, 3.63) is 87.2 Å². The first-order valence-electron chi connectivity index (χ1n) is 9.84. The smallest absolute Gasteiger partial charge is 0.337 e. The fraction of sp³-hybridized carbons (Fsp3) is 0.0870. The van der Waals surface area contributed by atoms with Gasteiger partial charge in [-0.2, -0.15) is 5.10 Å². The highest BCUT2D eigenvalue weighted by Crippen LogP contribution is 2.27. The molecule has 0 saturated carbocycles. The number of hydrogen-bond acceptors (Lipinski definition) is 5. The van der Waals surface area contributed by atoms with Gasteiger partial charge in [-0.25, -0.2) is 22.6 Å². The molecular weight excluding hydrogens is 501 g/mol. The number of aromatic carboxylic acids is 1. The van der Waals surface area contributed by atoms with Crippen LogP contribution in [0.25, 0.3) is 16.5 Å². The molecule has 1 amide bonds. The highest BCUT2D eigenvalue weighted by molar-refractivity contribution is 7.90. The van der Waals surface area contributed by atoms with Crippen LogP contribution < -0.4 is 4.72 Å². The average Bonchev–Trinajstić information content (AvgIpc) is 3.05. The fourth-order valence-electron chi connectivity index (χ4n) is 3.51. The Bertz CT molecular complexity index is 1600. The van der Waals surface area contributed by atoms with E-state index in [2.05, 4.69) is 5.10 Å². The molecule has 0 spiro atoms. The number of carbonyl (C=O) groups excluding carboxylic acids is 1. The van der Waals surface area contributed by atoms with E-state index >= 15 is 0 Å². The number of sulfonamides is 1. The first-order chi connectivity index (χ1) is 16.0. The number of fused-ring (bicyclic) bond motifs is 1. The Hall–Kier alpha value is -3.40. The molecule has 3 aromatic carbocycles. The van der Waals surface area contributed by atoms with Gasteiger partial charge in [0.25, 0.3) is 15.9 Å². The SMILES string of the molecule is Cc1nn(-c2ccc(C(=O)NS(=O)(=O)c3ccc4cccc(Cl)c4c3)cc2C(=O)O)c(C)c1Cl. The van der Waals surface area contributed by atoms with Crippen molar-refractivity contribution in [1.29, 1.82) is 0 Å². The molecule has 174 valence electrons. The topological polar surface area (TPSA) is 118 Å². The van der Waals surface area contributed by atoms with E-state index in [-0.39, 0.29) is 21.7 Å². The largest absolute Gasteiger partial charge is 0.478 e. The number of amides is 1. The molecule has 11 heteroatoms. The van der Waals surface area contributed by atoms with Crippen molar-refractivity contribution in [2.75, 3.05) is 0 Å². The lowest BCUT2D eigenvalue weighted by Crippen LogP contribution is -2.30. The zero-order valence-electron chi connectivity index (χ0n) is 17.8. The van der Waals surface area contributed by atoms with Crippen LogP contribution in [0.2, 0.25) is 10.0 Å². The molecule has 2 N–H and O–H groups in total. The number of carboxylic acids is 1. The van der Waals surface area contributed by atoms with Crippen LogP contribution in [0.1, 0.15) is 32.1 Å². The molecule has 1 aromatic heterocycles. The number of carboxylic acid groups (broad SMARTS) is 1. The van der Waals surface area contributed by atoms with Crippen LogP contribution in [0, 0.1) is 13.8 Å². The number of aromatic nitrogens is 2. The second-order valence-corrected chi connectivity index (χ2v) is 9.96. The lowest BCUT2D eigenvalue weighted by molar-refractivity contribution is 0.0696. The standard InChI is InChI=1S/C23H17Cl2N3O5S/c1-12-21(25)13(2)28(26-12)20-9-7-15(10-18(20)23(30)31)22(29)27-34(32,33)16-8-6-14-4-3-5-19(24)17(14)11-16/h3-11H,1-2H3,(H,27,29)(H,30,31). The minimum absolute atomic E-state index is 0.156. The molecule has 0 bridgehead atoms. The van der Waals surface area contributed by atoms with Crippen LogP contribution in [0.3, 0.4) is 0 Å².